The number of carbonyl (C=O) groups is 3. The van der Waals surface area contributed by atoms with Crippen LogP contribution in [0.1, 0.15) is 46.3 Å². The predicted molar refractivity (Wildman–Crippen MR) is 114 cm³/mol. The van der Waals surface area contributed by atoms with Crippen LogP contribution in [0, 0.1) is 0 Å². The first-order valence-electron chi connectivity index (χ1n) is 9.61. The van der Waals surface area contributed by atoms with E-state index in [2.05, 4.69) is 16.0 Å². The van der Waals surface area contributed by atoms with Crippen LogP contribution in [-0.2, 0) is 14.4 Å². The molecule has 7 nitrogen and oxygen atoms in total. The Morgan fingerprint density at radius 3 is 2.28 bits per heavy atom. The molecule has 0 aliphatic rings. The first-order chi connectivity index (χ1) is 13.8. The minimum atomic E-state index is -0.816. The van der Waals surface area contributed by atoms with Gasteiger partial charge in [-0.3, -0.25) is 14.4 Å². The highest BCUT2D eigenvalue weighted by Gasteiger charge is 2.20. The van der Waals surface area contributed by atoms with Crippen molar-refractivity contribution in [3.63, 3.8) is 0 Å². The lowest BCUT2D eigenvalue weighted by Crippen LogP contribution is -2.47. The molecule has 0 spiro atoms. The molecule has 0 aliphatic carbocycles. The average molecular weight is 402 g/mol. The van der Waals surface area contributed by atoms with Gasteiger partial charge in [0.05, 0.1) is 6.26 Å². The number of furan rings is 1. The first kappa shape index (κ1) is 23.9. The molecule has 1 aromatic heterocycles. The molecule has 1 atom stereocenters. The monoisotopic (exact) mass is 401 g/mol. The maximum atomic E-state index is 12.5. The van der Waals surface area contributed by atoms with Crippen molar-refractivity contribution in [3.8, 4) is 0 Å². The third-order valence-electron chi connectivity index (χ3n) is 3.83. The van der Waals surface area contributed by atoms with Crippen LogP contribution in [0.2, 0.25) is 0 Å². The Morgan fingerprint density at radius 1 is 1.03 bits per heavy atom. The van der Waals surface area contributed by atoms with E-state index < -0.39 is 11.9 Å². The molecule has 0 aliphatic heterocycles. The molecule has 0 aromatic carbocycles. The Kier molecular flexibility index (Phi) is 10.9. The molecule has 29 heavy (non-hydrogen) atoms. The molecule has 0 saturated heterocycles. The van der Waals surface area contributed by atoms with Gasteiger partial charge in [-0.15, -0.1) is 0 Å². The van der Waals surface area contributed by atoms with Crippen molar-refractivity contribution in [2.24, 2.45) is 0 Å². The lowest BCUT2D eigenvalue weighted by atomic mass is 10.1. The Morgan fingerprint density at radius 2 is 1.69 bits per heavy atom. The van der Waals surface area contributed by atoms with Crippen molar-refractivity contribution >= 4 is 23.8 Å². The van der Waals surface area contributed by atoms with Gasteiger partial charge in [-0.1, -0.05) is 23.3 Å². The van der Waals surface area contributed by atoms with E-state index in [1.807, 2.05) is 39.8 Å². The van der Waals surface area contributed by atoms with Crippen molar-refractivity contribution in [2.75, 3.05) is 13.1 Å². The van der Waals surface area contributed by atoms with E-state index in [0.717, 1.165) is 11.1 Å². The van der Waals surface area contributed by atoms with Crippen molar-refractivity contribution in [2.45, 2.75) is 46.6 Å². The molecular weight excluding hydrogens is 370 g/mol. The molecule has 1 heterocycles. The quantitative estimate of drug-likeness (QED) is 0.392. The zero-order valence-corrected chi connectivity index (χ0v) is 17.6. The largest absolute Gasteiger partial charge is 0.465 e. The Bertz CT molecular complexity index is 753. The van der Waals surface area contributed by atoms with Gasteiger partial charge in [0.25, 0.3) is 0 Å². The van der Waals surface area contributed by atoms with E-state index in [1.54, 1.807) is 12.1 Å². The maximum absolute atomic E-state index is 12.5. The molecule has 1 rings (SSSR count). The minimum Gasteiger partial charge on any atom is -0.465 e. The summed E-state index contributed by atoms with van der Waals surface area (Å²) in [4.78, 5) is 36.7. The summed E-state index contributed by atoms with van der Waals surface area (Å²) in [6, 6.07) is 2.61. The smallest absolute Gasteiger partial charge is 0.244 e. The third-order valence-corrected chi connectivity index (χ3v) is 3.83. The number of hydrogen-bond acceptors (Lipinski definition) is 4. The number of amides is 3. The maximum Gasteiger partial charge on any atom is 0.244 e. The zero-order valence-electron chi connectivity index (χ0n) is 17.6. The Labute approximate surface area is 172 Å². The van der Waals surface area contributed by atoms with Gasteiger partial charge in [0.15, 0.2) is 0 Å². The van der Waals surface area contributed by atoms with Gasteiger partial charge in [-0.2, -0.15) is 0 Å². The summed E-state index contributed by atoms with van der Waals surface area (Å²) in [6.07, 6.45) is 8.41. The number of rotatable bonds is 11. The number of nitrogens with one attached hydrogen (secondary N) is 3. The van der Waals surface area contributed by atoms with E-state index in [4.69, 9.17) is 4.42 Å². The zero-order chi connectivity index (χ0) is 21.6. The summed E-state index contributed by atoms with van der Waals surface area (Å²) < 4.78 is 5.13. The summed E-state index contributed by atoms with van der Waals surface area (Å²) in [6.45, 7) is 8.57. The molecule has 7 heteroatoms. The summed E-state index contributed by atoms with van der Waals surface area (Å²) >= 11 is 0. The summed E-state index contributed by atoms with van der Waals surface area (Å²) in [5.74, 6) is -0.415. The van der Waals surface area contributed by atoms with E-state index in [-0.39, 0.29) is 24.7 Å². The second-order valence-electron chi connectivity index (χ2n) is 7.06. The average Bonchev–Trinajstić information content (AvgIpc) is 3.16. The Balaban J connectivity index is 2.65. The van der Waals surface area contributed by atoms with Crippen molar-refractivity contribution in [1.82, 2.24) is 16.0 Å². The van der Waals surface area contributed by atoms with E-state index >= 15 is 0 Å². The van der Waals surface area contributed by atoms with Crippen molar-refractivity contribution in [1.29, 1.82) is 0 Å². The van der Waals surface area contributed by atoms with Crippen LogP contribution >= 0.6 is 0 Å². The fourth-order valence-electron chi connectivity index (χ4n) is 2.24. The summed E-state index contributed by atoms with van der Waals surface area (Å²) in [5, 5.41) is 8.18. The van der Waals surface area contributed by atoms with Gasteiger partial charge in [0.1, 0.15) is 11.8 Å². The van der Waals surface area contributed by atoms with Crippen LogP contribution in [0.4, 0.5) is 0 Å². The molecule has 158 valence electrons. The molecule has 1 aromatic rings. The summed E-state index contributed by atoms with van der Waals surface area (Å²) in [5.41, 5.74) is 2.18. The molecule has 1 unspecified atom stereocenters. The third kappa shape index (κ3) is 11.4. The number of carbonyl (C=O) groups excluding carboxylic acids is 3. The molecule has 0 saturated carbocycles. The first-order valence-corrected chi connectivity index (χ1v) is 9.61. The van der Waals surface area contributed by atoms with Gasteiger partial charge in [0, 0.05) is 25.6 Å². The molecule has 0 fully saturated rings. The fourth-order valence-corrected chi connectivity index (χ4v) is 2.24. The number of hydrogen-bond donors (Lipinski definition) is 3. The van der Waals surface area contributed by atoms with Crippen molar-refractivity contribution in [3.05, 3.63) is 53.5 Å². The second-order valence-corrected chi connectivity index (χ2v) is 7.06. The molecule has 0 radical (unpaired) electrons. The van der Waals surface area contributed by atoms with Crippen molar-refractivity contribution < 1.29 is 18.8 Å². The minimum absolute atomic E-state index is 0.125. The topological polar surface area (TPSA) is 100 Å². The van der Waals surface area contributed by atoms with Gasteiger partial charge in [0.2, 0.25) is 17.7 Å². The lowest BCUT2D eigenvalue weighted by Gasteiger charge is -2.17. The van der Waals surface area contributed by atoms with E-state index in [9.17, 15) is 14.4 Å². The molecular formula is C22H31N3O4. The highest BCUT2D eigenvalue weighted by Crippen LogP contribution is 2.03. The highest BCUT2D eigenvalue weighted by molar-refractivity contribution is 5.95. The lowest BCUT2D eigenvalue weighted by molar-refractivity contribution is -0.127. The summed E-state index contributed by atoms with van der Waals surface area (Å²) in [7, 11) is 0. The van der Waals surface area contributed by atoms with Crippen LogP contribution in [0.5, 0.6) is 0 Å². The highest BCUT2D eigenvalue weighted by atomic mass is 16.3. The van der Waals surface area contributed by atoms with Gasteiger partial charge >= 0.3 is 0 Å². The van der Waals surface area contributed by atoms with Crippen LogP contribution in [0.25, 0.3) is 6.08 Å². The van der Waals surface area contributed by atoms with Gasteiger partial charge in [-0.05, 0) is 52.3 Å². The van der Waals surface area contributed by atoms with Crippen LogP contribution in [0.3, 0.4) is 0 Å². The normalized spacial score (nSPS) is 11.4. The van der Waals surface area contributed by atoms with Crippen LogP contribution in [0.15, 0.2) is 52.2 Å². The Hall–Kier alpha value is -3.09. The predicted octanol–water partition coefficient (Wildman–Crippen LogP) is 2.72. The SMILES string of the molecule is CC(C)=CCNC(=O)CCC(NC(=O)/C=C/c1ccco1)C(=O)NCC=C(C)C. The van der Waals surface area contributed by atoms with Gasteiger partial charge in [-0.25, -0.2) is 0 Å². The van der Waals surface area contributed by atoms with Crippen LogP contribution < -0.4 is 16.0 Å². The number of allylic oxidation sites excluding steroid dienone is 2. The second kappa shape index (κ2) is 13.1. The molecule has 0 bridgehead atoms. The molecule has 3 amide bonds. The van der Waals surface area contributed by atoms with E-state index in [0.29, 0.717) is 18.8 Å². The fraction of sp³-hybridized carbons (Fsp3) is 0.409. The standard InChI is InChI=1S/C22H31N3O4/c1-16(2)11-13-23-20(26)10-8-19(22(28)24-14-12-17(3)4)25-21(27)9-7-18-6-5-15-29-18/h5-7,9,11-12,15,19H,8,10,13-14H2,1-4H3,(H,23,26)(H,24,28)(H,25,27)/b9-7+. The van der Waals surface area contributed by atoms with Crippen LogP contribution in [-0.4, -0.2) is 36.9 Å². The van der Waals surface area contributed by atoms with Gasteiger partial charge < -0.3 is 20.4 Å². The molecule has 3 N–H and O–H groups in total. The van der Waals surface area contributed by atoms with E-state index in [1.165, 1.54) is 18.4 Å².